The first kappa shape index (κ1) is 21.2. The van der Waals surface area contributed by atoms with Gasteiger partial charge < -0.3 is 9.53 Å². The Kier molecular flexibility index (Phi) is 6.09. The molecule has 0 bridgehead atoms. The van der Waals surface area contributed by atoms with Crippen LogP contribution in [0.25, 0.3) is 0 Å². The third-order valence-electron chi connectivity index (χ3n) is 7.51. The standard InChI is InChI=1S/C23H38O3/c1-16-9-10-19-22(5,12-8-13-23(19,6)20(25)26-7)18(16)11-14-21(3,4)15-17(2)24/h18-19H,1,8-15H2,2-7H3/t18-,19+,22+,23-/m0/s1. The molecule has 0 amide bonds. The third-order valence-corrected chi connectivity index (χ3v) is 7.51. The van der Waals surface area contributed by atoms with Gasteiger partial charge in [0.15, 0.2) is 0 Å². The van der Waals surface area contributed by atoms with E-state index < -0.39 is 0 Å². The molecular weight excluding hydrogens is 324 g/mol. The molecule has 2 saturated carbocycles. The highest BCUT2D eigenvalue weighted by Crippen LogP contribution is 2.62. The summed E-state index contributed by atoms with van der Waals surface area (Å²) in [7, 11) is 1.52. The second-order valence-electron chi connectivity index (χ2n) is 10.2. The van der Waals surface area contributed by atoms with E-state index in [0.717, 1.165) is 44.9 Å². The molecule has 0 N–H and O–H groups in total. The van der Waals surface area contributed by atoms with Crippen LogP contribution in [0.5, 0.6) is 0 Å². The summed E-state index contributed by atoms with van der Waals surface area (Å²) < 4.78 is 5.21. The number of allylic oxidation sites excluding steroid dienone is 1. The molecule has 0 aromatic heterocycles. The number of hydrogen-bond donors (Lipinski definition) is 0. The Morgan fingerprint density at radius 2 is 1.92 bits per heavy atom. The highest BCUT2D eigenvalue weighted by atomic mass is 16.5. The van der Waals surface area contributed by atoms with Gasteiger partial charge in [0.1, 0.15) is 5.78 Å². The van der Waals surface area contributed by atoms with Crippen molar-refractivity contribution in [3.63, 3.8) is 0 Å². The summed E-state index contributed by atoms with van der Waals surface area (Å²) in [6.07, 6.45) is 7.90. The predicted octanol–water partition coefficient (Wildman–Crippen LogP) is 5.72. The summed E-state index contributed by atoms with van der Waals surface area (Å²) in [6, 6.07) is 0. The van der Waals surface area contributed by atoms with Crippen LogP contribution in [0.3, 0.4) is 0 Å². The van der Waals surface area contributed by atoms with Gasteiger partial charge in [0.25, 0.3) is 0 Å². The number of carbonyl (C=O) groups excluding carboxylic acids is 2. The van der Waals surface area contributed by atoms with Crippen LogP contribution in [0.2, 0.25) is 0 Å². The van der Waals surface area contributed by atoms with Crippen LogP contribution in [-0.4, -0.2) is 18.9 Å². The molecule has 3 heteroatoms. The van der Waals surface area contributed by atoms with Crippen molar-refractivity contribution in [2.75, 3.05) is 7.11 Å². The van der Waals surface area contributed by atoms with Crippen LogP contribution < -0.4 is 0 Å². The Hall–Kier alpha value is -1.12. The predicted molar refractivity (Wildman–Crippen MR) is 106 cm³/mol. The molecule has 2 rings (SSSR count). The Bertz CT molecular complexity index is 576. The number of Topliss-reactive ketones (excluding diaryl/α,β-unsaturated/α-hetero) is 1. The largest absolute Gasteiger partial charge is 0.469 e. The van der Waals surface area contributed by atoms with Crippen LogP contribution in [-0.2, 0) is 14.3 Å². The molecule has 2 fully saturated rings. The van der Waals surface area contributed by atoms with E-state index in [1.807, 2.05) is 0 Å². The highest BCUT2D eigenvalue weighted by molar-refractivity contribution is 5.77. The number of rotatable bonds is 6. The molecule has 0 aliphatic heterocycles. The minimum absolute atomic E-state index is 0.0235. The summed E-state index contributed by atoms with van der Waals surface area (Å²) in [5.41, 5.74) is 1.09. The first-order valence-electron chi connectivity index (χ1n) is 10.2. The molecule has 0 aromatic carbocycles. The fraction of sp³-hybridized carbons (Fsp3) is 0.826. The Morgan fingerprint density at radius 1 is 1.27 bits per heavy atom. The molecule has 0 radical (unpaired) electrons. The van der Waals surface area contributed by atoms with Crippen molar-refractivity contribution in [3.8, 4) is 0 Å². The number of methoxy groups -OCH3 is 1. The number of carbonyl (C=O) groups is 2. The van der Waals surface area contributed by atoms with Gasteiger partial charge in [-0.3, -0.25) is 4.79 Å². The molecule has 148 valence electrons. The van der Waals surface area contributed by atoms with E-state index >= 15 is 0 Å². The third kappa shape index (κ3) is 3.92. The molecule has 26 heavy (non-hydrogen) atoms. The summed E-state index contributed by atoms with van der Waals surface area (Å²) in [5.74, 6) is 0.994. The lowest BCUT2D eigenvalue weighted by atomic mass is 9.46. The van der Waals surface area contributed by atoms with Gasteiger partial charge in [-0.05, 0) is 75.0 Å². The number of ketones is 1. The molecule has 2 aliphatic rings. The molecule has 0 unspecified atom stereocenters. The summed E-state index contributed by atoms with van der Waals surface area (Å²) in [6.45, 7) is 15.0. The summed E-state index contributed by atoms with van der Waals surface area (Å²) in [5, 5.41) is 0. The first-order chi connectivity index (χ1) is 12.0. The zero-order valence-corrected chi connectivity index (χ0v) is 17.7. The Labute approximate surface area is 160 Å². The lowest BCUT2D eigenvalue weighted by Crippen LogP contribution is -2.53. The maximum absolute atomic E-state index is 12.6. The van der Waals surface area contributed by atoms with Gasteiger partial charge >= 0.3 is 5.97 Å². The highest BCUT2D eigenvalue weighted by Gasteiger charge is 2.57. The minimum atomic E-state index is -0.379. The van der Waals surface area contributed by atoms with Crippen molar-refractivity contribution < 1.29 is 14.3 Å². The number of ether oxygens (including phenoxy) is 1. The van der Waals surface area contributed by atoms with Gasteiger partial charge in [0.2, 0.25) is 0 Å². The average Bonchev–Trinajstić information content (AvgIpc) is 2.51. The lowest BCUT2D eigenvalue weighted by Gasteiger charge is -2.57. The van der Waals surface area contributed by atoms with Gasteiger partial charge in [-0.1, -0.05) is 39.3 Å². The first-order valence-corrected chi connectivity index (χ1v) is 10.2. The average molecular weight is 363 g/mol. The number of fused-ring (bicyclic) bond motifs is 1. The van der Waals surface area contributed by atoms with Crippen LogP contribution in [0.1, 0.15) is 86.0 Å². The van der Waals surface area contributed by atoms with Gasteiger partial charge in [-0.2, -0.15) is 0 Å². The van der Waals surface area contributed by atoms with Crippen molar-refractivity contribution in [1.82, 2.24) is 0 Å². The van der Waals surface area contributed by atoms with E-state index in [-0.39, 0.29) is 28.0 Å². The normalized spacial score (nSPS) is 34.9. The van der Waals surface area contributed by atoms with E-state index in [0.29, 0.717) is 18.3 Å². The maximum Gasteiger partial charge on any atom is 0.311 e. The van der Waals surface area contributed by atoms with E-state index in [9.17, 15) is 9.59 Å². The van der Waals surface area contributed by atoms with Crippen LogP contribution in [0, 0.1) is 28.1 Å². The van der Waals surface area contributed by atoms with Crippen molar-refractivity contribution in [2.24, 2.45) is 28.1 Å². The number of hydrogen-bond acceptors (Lipinski definition) is 3. The topological polar surface area (TPSA) is 43.4 Å². The van der Waals surface area contributed by atoms with E-state index in [1.54, 1.807) is 6.92 Å². The van der Waals surface area contributed by atoms with Crippen LogP contribution >= 0.6 is 0 Å². The SMILES string of the molecule is C=C1CC[C@@H]2[C@](C)(CCC[C@]2(C)C(=O)OC)[C@H]1CCC(C)(C)CC(C)=O. The van der Waals surface area contributed by atoms with Gasteiger partial charge in [-0.25, -0.2) is 0 Å². The van der Waals surface area contributed by atoms with Crippen molar-refractivity contribution in [1.29, 1.82) is 0 Å². The maximum atomic E-state index is 12.6. The lowest BCUT2D eigenvalue weighted by molar-refractivity contribution is -0.168. The van der Waals surface area contributed by atoms with Crippen molar-refractivity contribution in [2.45, 2.75) is 86.0 Å². The summed E-state index contributed by atoms with van der Waals surface area (Å²) in [4.78, 5) is 24.2. The molecule has 0 saturated heterocycles. The van der Waals surface area contributed by atoms with E-state index in [4.69, 9.17) is 4.74 Å². The zero-order valence-electron chi connectivity index (χ0n) is 17.7. The molecule has 0 aromatic rings. The summed E-state index contributed by atoms with van der Waals surface area (Å²) >= 11 is 0. The fourth-order valence-electron chi connectivity index (χ4n) is 6.26. The van der Waals surface area contributed by atoms with Crippen LogP contribution in [0.4, 0.5) is 0 Å². The van der Waals surface area contributed by atoms with Crippen molar-refractivity contribution in [3.05, 3.63) is 12.2 Å². The monoisotopic (exact) mass is 362 g/mol. The quantitative estimate of drug-likeness (QED) is 0.448. The molecular formula is C23H38O3. The smallest absolute Gasteiger partial charge is 0.311 e. The second-order valence-corrected chi connectivity index (χ2v) is 10.2. The van der Waals surface area contributed by atoms with Crippen molar-refractivity contribution >= 4 is 11.8 Å². The van der Waals surface area contributed by atoms with E-state index in [2.05, 4.69) is 34.3 Å². The molecule has 0 heterocycles. The molecule has 0 spiro atoms. The molecule has 2 aliphatic carbocycles. The second kappa shape index (κ2) is 7.48. The molecule has 3 nitrogen and oxygen atoms in total. The van der Waals surface area contributed by atoms with E-state index in [1.165, 1.54) is 12.7 Å². The minimum Gasteiger partial charge on any atom is -0.469 e. The fourth-order valence-corrected chi connectivity index (χ4v) is 6.26. The number of esters is 1. The van der Waals surface area contributed by atoms with Gasteiger partial charge in [0, 0.05) is 6.42 Å². The Morgan fingerprint density at radius 3 is 2.50 bits per heavy atom. The zero-order chi connectivity index (χ0) is 19.8. The van der Waals surface area contributed by atoms with Gasteiger partial charge in [0.05, 0.1) is 12.5 Å². The molecule has 4 atom stereocenters. The van der Waals surface area contributed by atoms with Gasteiger partial charge in [-0.15, -0.1) is 0 Å². The Balaban J connectivity index is 2.25. The van der Waals surface area contributed by atoms with Crippen LogP contribution in [0.15, 0.2) is 12.2 Å².